The standard InChI is InChI=1S/C14H18ClN.C8H12N2/c1-10-4-5-12(15)8-14(10)13-6-7-16(3)9-11(13)2;1-3-4-8-5-9-7(2)10-6-8/h4-5,8H,6-7,9H2,1-3H3;5-6H,3-4H2,1-2H3. The van der Waals surface area contributed by atoms with Crippen LogP contribution in [-0.2, 0) is 6.42 Å². The first-order valence-electron chi connectivity index (χ1n) is 9.32. The lowest BCUT2D eigenvalue weighted by molar-refractivity contribution is 0.359. The summed E-state index contributed by atoms with van der Waals surface area (Å²) in [5.74, 6) is 0.847. The highest BCUT2D eigenvalue weighted by Gasteiger charge is 2.16. The number of aromatic nitrogens is 2. The van der Waals surface area contributed by atoms with Gasteiger partial charge in [-0.3, -0.25) is 0 Å². The Balaban J connectivity index is 0.000000209. The van der Waals surface area contributed by atoms with Crippen LogP contribution in [0.2, 0.25) is 5.02 Å². The van der Waals surface area contributed by atoms with Crippen molar-refractivity contribution in [1.29, 1.82) is 0 Å². The van der Waals surface area contributed by atoms with Crippen LogP contribution in [0.4, 0.5) is 0 Å². The molecular weight excluding hydrogens is 342 g/mol. The summed E-state index contributed by atoms with van der Waals surface area (Å²) in [6.07, 6.45) is 7.16. The molecule has 1 aliphatic rings. The quantitative estimate of drug-likeness (QED) is 0.713. The Morgan fingerprint density at radius 3 is 2.42 bits per heavy atom. The van der Waals surface area contributed by atoms with Crippen molar-refractivity contribution in [3.8, 4) is 0 Å². The molecule has 4 heteroatoms. The summed E-state index contributed by atoms with van der Waals surface area (Å²) < 4.78 is 0. The van der Waals surface area contributed by atoms with Gasteiger partial charge in [0.15, 0.2) is 0 Å². The monoisotopic (exact) mass is 371 g/mol. The lowest BCUT2D eigenvalue weighted by atomic mass is 9.91. The van der Waals surface area contributed by atoms with E-state index in [4.69, 9.17) is 11.6 Å². The largest absolute Gasteiger partial charge is 0.302 e. The van der Waals surface area contributed by atoms with Crippen LogP contribution in [0.1, 0.15) is 49.2 Å². The van der Waals surface area contributed by atoms with Gasteiger partial charge in [-0.2, -0.15) is 0 Å². The molecule has 3 rings (SSSR count). The highest BCUT2D eigenvalue weighted by molar-refractivity contribution is 6.30. The van der Waals surface area contributed by atoms with Gasteiger partial charge in [-0.05, 0) is 75.1 Å². The normalized spacial score (nSPS) is 14.8. The highest BCUT2D eigenvalue weighted by Crippen LogP contribution is 2.30. The van der Waals surface area contributed by atoms with Gasteiger partial charge >= 0.3 is 0 Å². The molecule has 3 nitrogen and oxygen atoms in total. The molecule has 1 aromatic carbocycles. The first kappa shape index (κ1) is 20.6. The molecule has 1 aromatic heterocycles. The van der Waals surface area contributed by atoms with Crippen LogP contribution >= 0.6 is 11.6 Å². The lowest BCUT2D eigenvalue weighted by Crippen LogP contribution is -2.26. The minimum absolute atomic E-state index is 0.833. The van der Waals surface area contributed by atoms with Crippen molar-refractivity contribution in [2.45, 2.75) is 47.0 Å². The van der Waals surface area contributed by atoms with Crippen LogP contribution in [0.15, 0.2) is 36.2 Å². The molecule has 26 heavy (non-hydrogen) atoms. The smallest absolute Gasteiger partial charge is 0.125 e. The summed E-state index contributed by atoms with van der Waals surface area (Å²) in [5, 5.41) is 0.833. The Labute approximate surface area is 163 Å². The van der Waals surface area contributed by atoms with E-state index in [0.29, 0.717) is 0 Å². The van der Waals surface area contributed by atoms with Gasteiger partial charge in [0.05, 0.1) is 0 Å². The summed E-state index contributed by atoms with van der Waals surface area (Å²) >= 11 is 6.08. The van der Waals surface area contributed by atoms with Gasteiger partial charge in [-0.1, -0.05) is 36.6 Å². The SMILES string of the molecule is CC1=C(c2cc(Cl)ccc2C)CCN(C)C1.CCCc1cnc(C)nc1. The minimum atomic E-state index is 0.833. The zero-order valence-corrected chi connectivity index (χ0v) is 17.4. The molecule has 0 unspecified atom stereocenters. The van der Waals surface area contributed by atoms with Gasteiger partial charge in [-0.25, -0.2) is 9.97 Å². The van der Waals surface area contributed by atoms with E-state index in [1.807, 2.05) is 25.4 Å². The molecule has 0 saturated heterocycles. The average Bonchev–Trinajstić information content (AvgIpc) is 2.60. The van der Waals surface area contributed by atoms with Gasteiger partial charge in [0.2, 0.25) is 0 Å². The first-order chi connectivity index (χ1) is 12.4. The van der Waals surface area contributed by atoms with Crippen molar-refractivity contribution in [1.82, 2.24) is 14.9 Å². The minimum Gasteiger partial charge on any atom is -0.302 e. The molecule has 140 valence electrons. The molecule has 0 saturated carbocycles. The van der Waals surface area contributed by atoms with Gasteiger partial charge in [-0.15, -0.1) is 0 Å². The number of halogens is 1. The maximum Gasteiger partial charge on any atom is 0.125 e. The van der Waals surface area contributed by atoms with Crippen LogP contribution < -0.4 is 0 Å². The Kier molecular flexibility index (Phi) is 7.80. The van der Waals surface area contributed by atoms with E-state index < -0.39 is 0 Å². The zero-order chi connectivity index (χ0) is 19.1. The Hall–Kier alpha value is -1.71. The molecule has 1 aliphatic heterocycles. The van der Waals surface area contributed by atoms with E-state index in [-0.39, 0.29) is 0 Å². The van der Waals surface area contributed by atoms with Gasteiger partial charge < -0.3 is 4.90 Å². The van der Waals surface area contributed by atoms with Crippen LogP contribution in [0.25, 0.3) is 5.57 Å². The summed E-state index contributed by atoms with van der Waals surface area (Å²) in [6.45, 7) is 10.6. The molecule has 0 N–H and O–H groups in total. The highest BCUT2D eigenvalue weighted by atomic mass is 35.5. The number of rotatable bonds is 3. The summed E-state index contributed by atoms with van der Waals surface area (Å²) in [4.78, 5) is 10.5. The summed E-state index contributed by atoms with van der Waals surface area (Å²) in [6, 6.07) is 6.17. The second-order valence-electron chi connectivity index (χ2n) is 7.09. The number of nitrogens with zero attached hydrogens (tertiary/aromatic N) is 3. The number of hydrogen-bond donors (Lipinski definition) is 0. The van der Waals surface area contributed by atoms with Crippen LogP contribution in [0.3, 0.4) is 0 Å². The fourth-order valence-electron chi connectivity index (χ4n) is 3.22. The van der Waals surface area contributed by atoms with E-state index in [0.717, 1.165) is 43.2 Å². The average molecular weight is 372 g/mol. The predicted octanol–water partition coefficient (Wildman–Crippen LogP) is 5.49. The molecule has 0 radical (unpaired) electrons. The molecule has 2 heterocycles. The number of benzene rings is 1. The number of likely N-dealkylation sites (N-methyl/N-ethyl adjacent to an activating group) is 1. The maximum atomic E-state index is 6.08. The van der Waals surface area contributed by atoms with Gasteiger partial charge in [0, 0.05) is 30.5 Å². The second kappa shape index (κ2) is 9.84. The molecule has 2 aromatic rings. The fraction of sp³-hybridized carbons (Fsp3) is 0.455. The number of aryl methyl sites for hydroxylation is 3. The van der Waals surface area contributed by atoms with Gasteiger partial charge in [0.25, 0.3) is 0 Å². The van der Waals surface area contributed by atoms with Crippen molar-refractivity contribution in [3.63, 3.8) is 0 Å². The number of hydrogen-bond acceptors (Lipinski definition) is 3. The molecular formula is C22H30ClN3. The molecule has 0 aliphatic carbocycles. The third kappa shape index (κ3) is 5.93. The van der Waals surface area contributed by atoms with Crippen molar-refractivity contribution >= 4 is 17.2 Å². The topological polar surface area (TPSA) is 29.0 Å². The molecule has 0 spiro atoms. The summed E-state index contributed by atoms with van der Waals surface area (Å²) in [7, 11) is 2.17. The van der Waals surface area contributed by atoms with Crippen LogP contribution in [0.5, 0.6) is 0 Å². The van der Waals surface area contributed by atoms with Crippen LogP contribution in [-0.4, -0.2) is 35.0 Å². The predicted molar refractivity (Wildman–Crippen MR) is 112 cm³/mol. The van der Waals surface area contributed by atoms with Crippen LogP contribution in [0, 0.1) is 13.8 Å². The van der Waals surface area contributed by atoms with Crippen molar-refractivity contribution in [2.24, 2.45) is 0 Å². The third-order valence-electron chi connectivity index (χ3n) is 4.66. The fourth-order valence-corrected chi connectivity index (χ4v) is 3.39. The Morgan fingerprint density at radius 2 is 1.81 bits per heavy atom. The maximum absolute atomic E-state index is 6.08. The van der Waals surface area contributed by atoms with E-state index in [9.17, 15) is 0 Å². The van der Waals surface area contributed by atoms with Crippen molar-refractivity contribution < 1.29 is 0 Å². The molecule has 0 amide bonds. The zero-order valence-electron chi connectivity index (χ0n) is 16.6. The van der Waals surface area contributed by atoms with E-state index in [1.165, 1.54) is 27.8 Å². The molecule has 0 atom stereocenters. The van der Waals surface area contributed by atoms with E-state index in [1.54, 1.807) is 0 Å². The first-order valence-corrected chi connectivity index (χ1v) is 9.69. The van der Waals surface area contributed by atoms with E-state index >= 15 is 0 Å². The van der Waals surface area contributed by atoms with Crippen molar-refractivity contribution in [2.75, 3.05) is 20.1 Å². The van der Waals surface area contributed by atoms with Crippen molar-refractivity contribution in [3.05, 3.63) is 63.7 Å². The second-order valence-corrected chi connectivity index (χ2v) is 7.53. The van der Waals surface area contributed by atoms with E-state index in [2.05, 4.69) is 54.8 Å². The Morgan fingerprint density at radius 1 is 1.12 bits per heavy atom. The van der Waals surface area contributed by atoms with Gasteiger partial charge in [0.1, 0.15) is 5.82 Å². The lowest BCUT2D eigenvalue weighted by Gasteiger charge is -2.27. The molecule has 0 bridgehead atoms. The third-order valence-corrected chi connectivity index (χ3v) is 4.90. The molecule has 0 fully saturated rings. The summed E-state index contributed by atoms with van der Waals surface area (Å²) in [5.41, 5.74) is 6.84. The Bertz CT molecular complexity index is 750.